The van der Waals surface area contributed by atoms with E-state index in [1.165, 1.54) is 5.56 Å². The molecule has 1 atom stereocenters. The van der Waals surface area contributed by atoms with E-state index >= 15 is 0 Å². The Bertz CT molecular complexity index is 547. The lowest BCUT2D eigenvalue weighted by Gasteiger charge is -2.24. The Labute approximate surface area is 99.8 Å². The first kappa shape index (κ1) is 10.2. The van der Waals surface area contributed by atoms with Crippen LogP contribution in [0.2, 0.25) is 0 Å². The molecule has 2 heterocycles. The molecule has 1 aromatic carbocycles. The van der Waals surface area contributed by atoms with Crippen molar-refractivity contribution in [2.24, 2.45) is 0 Å². The average molecular weight is 229 g/mol. The normalized spacial score (nSPS) is 18.5. The zero-order chi connectivity index (χ0) is 11.8. The van der Waals surface area contributed by atoms with Crippen molar-refractivity contribution < 1.29 is 4.74 Å². The molecule has 3 rings (SSSR count). The molecule has 1 aliphatic rings. The van der Waals surface area contributed by atoms with Crippen LogP contribution in [0.3, 0.4) is 0 Å². The fourth-order valence-corrected chi connectivity index (χ4v) is 2.28. The largest absolute Gasteiger partial charge is 0.490 e. The van der Waals surface area contributed by atoms with Gasteiger partial charge in [-0.3, -0.25) is 5.10 Å². The van der Waals surface area contributed by atoms with E-state index in [0.717, 1.165) is 29.8 Å². The van der Waals surface area contributed by atoms with Gasteiger partial charge < -0.3 is 10.5 Å². The van der Waals surface area contributed by atoms with Gasteiger partial charge in [-0.2, -0.15) is 5.10 Å². The number of nitrogens with two attached hydrogens (primary N) is 1. The van der Waals surface area contributed by atoms with Crippen molar-refractivity contribution in [3.05, 3.63) is 29.8 Å². The Kier molecular flexibility index (Phi) is 2.28. The second-order valence-electron chi connectivity index (χ2n) is 4.46. The van der Waals surface area contributed by atoms with Gasteiger partial charge in [0, 0.05) is 17.2 Å². The van der Waals surface area contributed by atoms with E-state index in [0.29, 0.717) is 11.9 Å². The summed E-state index contributed by atoms with van der Waals surface area (Å²) in [6.45, 7) is 2.10. The summed E-state index contributed by atoms with van der Waals surface area (Å²) < 4.78 is 5.84. The number of hydrogen-bond donors (Lipinski definition) is 2. The molecule has 1 aliphatic heterocycles. The Hall–Kier alpha value is -1.97. The molecule has 0 saturated heterocycles. The predicted octanol–water partition coefficient (Wildman–Crippen LogP) is 2.37. The predicted molar refractivity (Wildman–Crippen MR) is 66.8 cm³/mol. The SMILES string of the molecule is CC1CCc2c(cccc2-c2cc(N)n[nH]2)O1. The summed E-state index contributed by atoms with van der Waals surface area (Å²) in [6.07, 6.45) is 2.38. The number of benzene rings is 1. The molecule has 0 saturated carbocycles. The molecule has 4 heteroatoms. The van der Waals surface area contributed by atoms with Gasteiger partial charge >= 0.3 is 0 Å². The number of H-pyrrole nitrogens is 1. The van der Waals surface area contributed by atoms with Gasteiger partial charge in [-0.1, -0.05) is 12.1 Å². The molecule has 3 N–H and O–H groups in total. The molecule has 0 amide bonds. The van der Waals surface area contributed by atoms with Gasteiger partial charge in [0.1, 0.15) is 11.6 Å². The van der Waals surface area contributed by atoms with Gasteiger partial charge in [0.25, 0.3) is 0 Å². The number of hydrogen-bond acceptors (Lipinski definition) is 3. The highest BCUT2D eigenvalue weighted by molar-refractivity contribution is 5.69. The first-order chi connectivity index (χ1) is 8.24. The van der Waals surface area contributed by atoms with Crippen LogP contribution in [0.1, 0.15) is 18.9 Å². The van der Waals surface area contributed by atoms with Crippen LogP contribution in [0.5, 0.6) is 5.75 Å². The van der Waals surface area contributed by atoms with Crippen molar-refractivity contribution in [1.82, 2.24) is 10.2 Å². The summed E-state index contributed by atoms with van der Waals surface area (Å²) in [7, 11) is 0. The van der Waals surface area contributed by atoms with Crippen molar-refractivity contribution in [1.29, 1.82) is 0 Å². The first-order valence-electron chi connectivity index (χ1n) is 5.84. The maximum absolute atomic E-state index is 5.84. The second kappa shape index (κ2) is 3.80. The van der Waals surface area contributed by atoms with E-state index in [2.05, 4.69) is 23.2 Å². The number of ether oxygens (including phenoxy) is 1. The molecular formula is C13H15N3O. The lowest BCUT2D eigenvalue weighted by molar-refractivity contribution is 0.193. The van der Waals surface area contributed by atoms with E-state index in [4.69, 9.17) is 10.5 Å². The molecule has 0 spiro atoms. The lowest BCUT2D eigenvalue weighted by Crippen LogP contribution is -2.19. The van der Waals surface area contributed by atoms with Crippen molar-refractivity contribution in [2.75, 3.05) is 5.73 Å². The molecular weight excluding hydrogens is 214 g/mol. The quantitative estimate of drug-likeness (QED) is 0.789. The highest BCUT2D eigenvalue weighted by Crippen LogP contribution is 2.35. The van der Waals surface area contributed by atoms with Crippen LogP contribution in [0.25, 0.3) is 11.3 Å². The monoisotopic (exact) mass is 229 g/mol. The summed E-state index contributed by atoms with van der Waals surface area (Å²) in [6, 6.07) is 7.95. The average Bonchev–Trinajstić information content (AvgIpc) is 2.74. The highest BCUT2D eigenvalue weighted by Gasteiger charge is 2.19. The summed E-state index contributed by atoms with van der Waals surface area (Å²) in [5, 5.41) is 6.92. The molecule has 88 valence electrons. The van der Waals surface area contributed by atoms with Gasteiger partial charge in [0.15, 0.2) is 0 Å². The zero-order valence-corrected chi connectivity index (χ0v) is 9.73. The van der Waals surface area contributed by atoms with Crippen LogP contribution in [0.4, 0.5) is 5.82 Å². The van der Waals surface area contributed by atoms with Gasteiger partial charge in [-0.25, -0.2) is 0 Å². The van der Waals surface area contributed by atoms with Crippen molar-refractivity contribution in [2.45, 2.75) is 25.9 Å². The number of nitrogens with zero attached hydrogens (tertiary/aromatic N) is 1. The highest BCUT2D eigenvalue weighted by atomic mass is 16.5. The molecule has 0 fully saturated rings. The van der Waals surface area contributed by atoms with Crippen LogP contribution >= 0.6 is 0 Å². The van der Waals surface area contributed by atoms with E-state index < -0.39 is 0 Å². The first-order valence-corrected chi connectivity index (χ1v) is 5.84. The Morgan fingerprint density at radius 3 is 3.12 bits per heavy atom. The maximum atomic E-state index is 5.84. The molecule has 17 heavy (non-hydrogen) atoms. The molecule has 4 nitrogen and oxygen atoms in total. The Balaban J connectivity index is 2.09. The fraction of sp³-hybridized carbons (Fsp3) is 0.308. The summed E-state index contributed by atoms with van der Waals surface area (Å²) in [5.41, 5.74) is 8.98. The van der Waals surface area contributed by atoms with E-state index in [-0.39, 0.29) is 0 Å². The Morgan fingerprint density at radius 2 is 2.35 bits per heavy atom. The van der Waals surface area contributed by atoms with Crippen molar-refractivity contribution >= 4 is 5.82 Å². The molecule has 1 unspecified atom stereocenters. The molecule has 0 bridgehead atoms. The molecule has 0 aliphatic carbocycles. The van der Waals surface area contributed by atoms with Crippen LogP contribution in [0.15, 0.2) is 24.3 Å². The standard InChI is InChI=1S/C13H15N3O/c1-8-5-6-10-9(3-2-4-12(10)17-8)11-7-13(14)16-15-11/h2-4,7-8H,5-6H2,1H3,(H3,14,15,16). The van der Waals surface area contributed by atoms with Gasteiger partial charge in [0.05, 0.1) is 11.8 Å². The number of aromatic amines is 1. The number of aromatic nitrogens is 2. The minimum absolute atomic E-state index is 0.296. The van der Waals surface area contributed by atoms with Gasteiger partial charge in [-0.15, -0.1) is 0 Å². The molecule has 1 aromatic heterocycles. The third-order valence-corrected chi connectivity index (χ3v) is 3.15. The van der Waals surface area contributed by atoms with Crippen LogP contribution in [-0.2, 0) is 6.42 Å². The number of nitrogens with one attached hydrogen (secondary N) is 1. The summed E-state index contributed by atoms with van der Waals surface area (Å²) in [5.74, 6) is 1.50. The van der Waals surface area contributed by atoms with Crippen LogP contribution in [0, 0.1) is 0 Å². The summed E-state index contributed by atoms with van der Waals surface area (Å²) >= 11 is 0. The van der Waals surface area contributed by atoms with E-state index in [1.54, 1.807) is 0 Å². The van der Waals surface area contributed by atoms with Crippen molar-refractivity contribution in [3.8, 4) is 17.0 Å². The van der Waals surface area contributed by atoms with E-state index in [9.17, 15) is 0 Å². The van der Waals surface area contributed by atoms with Crippen LogP contribution in [-0.4, -0.2) is 16.3 Å². The van der Waals surface area contributed by atoms with Crippen LogP contribution < -0.4 is 10.5 Å². The van der Waals surface area contributed by atoms with Gasteiger partial charge in [0.2, 0.25) is 0 Å². The molecule has 0 radical (unpaired) electrons. The topological polar surface area (TPSA) is 63.9 Å². The van der Waals surface area contributed by atoms with Gasteiger partial charge in [-0.05, 0) is 25.8 Å². The van der Waals surface area contributed by atoms with E-state index in [1.807, 2.05) is 18.2 Å². The fourth-order valence-electron chi connectivity index (χ4n) is 2.28. The number of anilines is 1. The summed E-state index contributed by atoms with van der Waals surface area (Å²) in [4.78, 5) is 0. The third-order valence-electron chi connectivity index (χ3n) is 3.15. The smallest absolute Gasteiger partial charge is 0.145 e. The number of fused-ring (bicyclic) bond motifs is 1. The third kappa shape index (κ3) is 1.75. The lowest BCUT2D eigenvalue weighted by atomic mass is 9.96. The number of rotatable bonds is 1. The van der Waals surface area contributed by atoms with Crippen molar-refractivity contribution in [3.63, 3.8) is 0 Å². The zero-order valence-electron chi connectivity index (χ0n) is 9.73. The minimum Gasteiger partial charge on any atom is -0.490 e. The molecule has 2 aromatic rings. The maximum Gasteiger partial charge on any atom is 0.145 e. The second-order valence-corrected chi connectivity index (χ2v) is 4.46. The Morgan fingerprint density at radius 1 is 1.47 bits per heavy atom. The number of nitrogen functional groups attached to an aromatic ring is 1. The minimum atomic E-state index is 0.296.